The highest BCUT2D eigenvalue weighted by Crippen LogP contribution is 2.24. The number of rotatable bonds is 9. The van der Waals surface area contributed by atoms with E-state index in [-0.39, 0.29) is 6.42 Å². The number of aromatic nitrogens is 1. The number of halogens is 1. The van der Waals surface area contributed by atoms with E-state index in [1.54, 1.807) is 18.3 Å². The first kappa shape index (κ1) is 21.7. The smallest absolute Gasteiger partial charge is 0.307 e. The fourth-order valence-corrected chi connectivity index (χ4v) is 3.63. The normalized spacial score (nSPS) is 10.8. The van der Waals surface area contributed by atoms with Crippen molar-refractivity contribution in [3.05, 3.63) is 101 Å². The molecule has 32 heavy (non-hydrogen) atoms. The molecule has 6 heteroatoms. The van der Waals surface area contributed by atoms with Crippen LogP contribution >= 0.6 is 11.6 Å². The molecule has 1 aromatic heterocycles. The number of aliphatic carboxylic acids is 1. The topological polar surface area (TPSA) is 68.7 Å². The molecule has 0 aliphatic rings. The van der Waals surface area contributed by atoms with Gasteiger partial charge >= 0.3 is 5.97 Å². The van der Waals surface area contributed by atoms with Gasteiger partial charge in [-0.2, -0.15) is 0 Å². The molecule has 5 nitrogen and oxygen atoms in total. The van der Waals surface area contributed by atoms with Crippen molar-refractivity contribution in [1.82, 2.24) is 4.98 Å². The number of fused-ring (bicyclic) bond motifs is 1. The van der Waals surface area contributed by atoms with Gasteiger partial charge in [0.25, 0.3) is 0 Å². The first-order valence-corrected chi connectivity index (χ1v) is 10.6. The van der Waals surface area contributed by atoms with Crippen LogP contribution in [0.3, 0.4) is 0 Å². The van der Waals surface area contributed by atoms with Gasteiger partial charge in [0.05, 0.1) is 12.1 Å². The quantitative estimate of drug-likeness (QED) is 0.340. The Morgan fingerprint density at radius 1 is 0.844 bits per heavy atom. The molecule has 1 heterocycles. The van der Waals surface area contributed by atoms with Crippen LogP contribution in [0.15, 0.2) is 79.0 Å². The molecule has 162 valence electrons. The van der Waals surface area contributed by atoms with E-state index < -0.39 is 5.97 Å². The van der Waals surface area contributed by atoms with Crippen molar-refractivity contribution in [2.45, 2.75) is 12.8 Å². The Hall–Kier alpha value is -3.57. The Kier molecular flexibility index (Phi) is 6.87. The van der Waals surface area contributed by atoms with E-state index in [1.165, 1.54) is 0 Å². The Morgan fingerprint density at radius 2 is 1.44 bits per heavy atom. The van der Waals surface area contributed by atoms with Crippen LogP contribution in [-0.2, 0) is 17.6 Å². The van der Waals surface area contributed by atoms with E-state index in [1.807, 2.05) is 60.7 Å². The van der Waals surface area contributed by atoms with Crippen LogP contribution in [0, 0.1) is 0 Å². The molecule has 0 aliphatic heterocycles. The number of hydrogen-bond donors (Lipinski definition) is 1. The van der Waals surface area contributed by atoms with Crippen LogP contribution in [0.25, 0.3) is 10.8 Å². The van der Waals surface area contributed by atoms with Gasteiger partial charge in [0, 0.05) is 23.0 Å². The van der Waals surface area contributed by atoms with Crippen LogP contribution in [-0.4, -0.2) is 29.3 Å². The van der Waals surface area contributed by atoms with E-state index in [0.717, 1.165) is 39.1 Å². The van der Waals surface area contributed by atoms with Crippen molar-refractivity contribution < 1.29 is 19.4 Å². The Morgan fingerprint density at radius 3 is 2.06 bits per heavy atom. The van der Waals surface area contributed by atoms with Gasteiger partial charge < -0.3 is 14.6 Å². The number of pyridine rings is 1. The Labute approximate surface area is 191 Å². The summed E-state index contributed by atoms with van der Waals surface area (Å²) in [6.45, 7) is 0.862. The van der Waals surface area contributed by atoms with E-state index >= 15 is 0 Å². The van der Waals surface area contributed by atoms with Crippen LogP contribution in [0.4, 0.5) is 0 Å². The summed E-state index contributed by atoms with van der Waals surface area (Å²) in [6.07, 6.45) is 2.28. The monoisotopic (exact) mass is 447 g/mol. The lowest BCUT2D eigenvalue weighted by atomic mass is 9.99. The molecule has 0 aliphatic carbocycles. The van der Waals surface area contributed by atoms with E-state index in [4.69, 9.17) is 26.2 Å². The highest BCUT2D eigenvalue weighted by Gasteiger charge is 2.10. The van der Waals surface area contributed by atoms with Crippen molar-refractivity contribution in [2.24, 2.45) is 0 Å². The van der Waals surface area contributed by atoms with Crippen molar-refractivity contribution in [3.63, 3.8) is 0 Å². The fraction of sp³-hybridized carbons (Fsp3) is 0.154. The maximum atomic E-state index is 11.1. The van der Waals surface area contributed by atoms with Gasteiger partial charge in [-0.05, 0) is 52.9 Å². The van der Waals surface area contributed by atoms with Gasteiger partial charge in [-0.15, -0.1) is 0 Å². The Balaban J connectivity index is 1.37. The van der Waals surface area contributed by atoms with E-state index in [2.05, 4.69) is 4.98 Å². The maximum absolute atomic E-state index is 11.1. The van der Waals surface area contributed by atoms with Gasteiger partial charge in [-0.1, -0.05) is 48.0 Å². The molecule has 4 aromatic rings. The second-order valence-electron chi connectivity index (χ2n) is 7.32. The molecule has 0 amide bonds. The fourth-order valence-electron chi connectivity index (χ4n) is 3.50. The Bertz CT molecular complexity index is 1210. The molecule has 0 radical (unpaired) electrons. The molecule has 0 bridgehead atoms. The summed E-state index contributed by atoms with van der Waals surface area (Å²) in [5.74, 6) is 0.657. The molecule has 0 spiro atoms. The second-order valence-corrected chi connectivity index (χ2v) is 7.75. The van der Waals surface area contributed by atoms with Gasteiger partial charge in [-0.3, -0.25) is 9.78 Å². The van der Waals surface area contributed by atoms with Gasteiger partial charge in [0.15, 0.2) is 0 Å². The number of benzene rings is 3. The maximum Gasteiger partial charge on any atom is 0.307 e. The van der Waals surface area contributed by atoms with Gasteiger partial charge in [0.1, 0.15) is 24.7 Å². The van der Waals surface area contributed by atoms with Gasteiger partial charge in [0.2, 0.25) is 0 Å². The lowest BCUT2D eigenvalue weighted by Crippen LogP contribution is -2.09. The molecule has 0 unspecified atom stereocenters. The molecule has 4 rings (SSSR count). The second kappa shape index (κ2) is 10.2. The summed E-state index contributed by atoms with van der Waals surface area (Å²) in [7, 11) is 0. The number of carboxylic acid groups (broad SMARTS) is 1. The van der Waals surface area contributed by atoms with Crippen LogP contribution in [0.5, 0.6) is 11.5 Å². The highest BCUT2D eigenvalue weighted by atomic mass is 35.5. The van der Waals surface area contributed by atoms with Crippen LogP contribution in [0.1, 0.15) is 16.8 Å². The molecule has 0 atom stereocenters. The van der Waals surface area contributed by atoms with Crippen molar-refractivity contribution in [2.75, 3.05) is 13.2 Å². The number of nitrogens with zero attached hydrogens (tertiary/aromatic N) is 1. The summed E-state index contributed by atoms with van der Waals surface area (Å²) >= 11 is 5.86. The average Bonchev–Trinajstić information content (AvgIpc) is 2.80. The lowest BCUT2D eigenvalue weighted by Gasteiger charge is -2.11. The number of carbonyl (C=O) groups is 1. The van der Waals surface area contributed by atoms with Crippen molar-refractivity contribution >= 4 is 28.3 Å². The minimum Gasteiger partial charge on any atom is -0.490 e. The number of ether oxygens (including phenoxy) is 2. The predicted molar refractivity (Wildman–Crippen MR) is 125 cm³/mol. The predicted octanol–water partition coefficient (Wildman–Crippen LogP) is 5.56. The van der Waals surface area contributed by atoms with Crippen LogP contribution in [0.2, 0.25) is 5.02 Å². The summed E-state index contributed by atoms with van der Waals surface area (Å²) in [6, 6.07) is 22.9. The third kappa shape index (κ3) is 5.56. The van der Waals surface area contributed by atoms with Crippen molar-refractivity contribution in [1.29, 1.82) is 0 Å². The average molecular weight is 448 g/mol. The van der Waals surface area contributed by atoms with E-state index in [0.29, 0.717) is 24.7 Å². The lowest BCUT2D eigenvalue weighted by molar-refractivity contribution is -0.136. The third-order valence-corrected chi connectivity index (χ3v) is 5.28. The first-order valence-electron chi connectivity index (χ1n) is 10.3. The third-order valence-electron chi connectivity index (χ3n) is 5.03. The SMILES string of the molecule is O=C(O)Cc1cnc(Cc2ccc(OCCOc3ccc(Cl)cc3)cc2)c2ccccc12. The summed E-state index contributed by atoms with van der Waals surface area (Å²) < 4.78 is 11.4. The molecule has 3 aromatic carbocycles. The zero-order valence-electron chi connectivity index (χ0n) is 17.3. The molecule has 0 saturated carbocycles. The summed E-state index contributed by atoms with van der Waals surface area (Å²) in [4.78, 5) is 15.7. The minimum absolute atomic E-state index is 0.0401. The molecule has 1 N–H and O–H groups in total. The zero-order valence-corrected chi connectivity index (χ0v) is 18.1. The summed E-state index contributed by atoms with van der Waals surface area (Å²) in [5.41, 5.74) is 2.74. The van der Waals surface area contributed by atoms with Gasteiger partial charge in [-0.25, -0.2) is 0 Å². The number of hydrogen-bond acceptors (Lipinski definition) is 4. The molecular formula is C26H22ClNO4. The summed E-state index contributed by atoms with van der Waals surface area (Å²) in [5, 5.41) is 11.7. The minimum atomic E-state index is -0.862. The van der Waals surface area contributed by atoms with E-state index in [9.17, 15) is 4.79 Å². The van der Waals surface area contributed by atoms with Crippen molar-refractivity contribution in [3.8, 4) is 11.5 Å². The number of carboxylic acids is 1. The largest absolute Gasteiger partial charge is 0.490 e. The van der Waals surface area contributed by atoms with Crippen LogP contribution < -0.4 is 9.47 Å². The molecular weight excluding hydrogens is 426 g/mol. The molecule has 0 fully saturated rings. The first-order chi connectivity index (χ1) is 15.6. The highest BCUT2D eigenvalue weighted by molar-refractivity contribution is 6.30. The standard InChI is InChI=1S/C26H22ClNO4/c27-20-7-11-22(12-8-20)32-14-13-31-21-9-5-18(6-10-21)15-25-24-4-2-1-3-23(24)19(17-28-25)16-26(29)30/h1-12,17H,13-16H2,(H,29,30). The molecule has 0 saturated heterocycles. The zero-order chi connectivity index (χ0) is 22.3.